The SMILES string of the molecule is COC(=O)NC(C)(C)/C=C/n1ncc(C(=O)NC2C3CC4CC2CC(NC(C)=O)(C4)C3)c1CC(C)C. The molecule has 198 valence electrons. The van der Waals surface area contributed by atoms with E-state index in [2.05, 4.69) is 34.9 Å². The van der Waals surface area contributed by atoms with E-state index in [4.69, 9.17) is 4.74 Å². The first-order valence-electron chi connectivity index (χ1n) is 13.1. The van der Waals surface area contributed by atoms with E-state index >= 15 is 0 Å². The molecule has 0 aliphatic heterocycles. The lowest BCUT2D eigenvalue weighted by molar-refractivity contribution is -0.125. The van der Waals surface area contributed by atoms with Gasteiger partial charge in [-0.2, -0.15) is 5.10 Å². The van der Waals surface area contributed by atoms with Crippen LogP contribution in [-0.2, 0) is 16.0 Å². The summed E-state index contributed by atoms with van der Waals surface area (Å²) in [6.45, 7) is 9.56. The highest BCUT2D eigenvalue weighted by Crippen LogP contribution is 2.55. The van der Waals surface area contributed by atoms with Crippen molar-refractivity contribution in [3.63, 3.8) is 0 Å². The fraction of sp³-hybridized carbons (Fsp3) is 0.704. The highest BCUT2D eigenvalue weighted by Gasteiger charge is 2.56. The standard InChI is InChI=1S/C27H41N5O4/c1-16(2)9-22-21(15-28-32(22)8-7-26(4,5)31-25(35)36-6)24(34)29-23-19-10-18-11-20(23)14-27(12-18,13-19)30-17(3)33/h7-8,15-16,18-20,23H,9-14H2,1-6H3,(H,29,34)(H,30,33)(H,31,35)/b8-7+. The van der Waals surface area contributed by atoms with Crippen LogP contribution in [0.2, 0.25) is 0 Å². The molecule has 0 saturated heterocycles. The van der Waals surface area contributed by atoms with Crippen LogP contribution in [0.5, 0.6) is 0 Å². The summed E-state index contributed by atoms with van der Waals surface area (Å²) in [6.07, 6.45) is 10.6. The van der Waals surface area contributed by atoms with Crippen molar-refractivity contribution in [2.75, 3.05) is 7.11 Å². The summed E-state index contributed by atoms with van der Waals surface area (Å²) in [6, 6.07) is 0.130. The van der Waals surface area contributed by atoms with Gasteiger partial charge in [0.1, 0.15) is 0 Å². The minimum atomic E-state index is -0.652. The summed E-state index contributed by atoms with van der Waals surface area (Å²) in [5.41, 5.74) is 0.706. The Kier molecular flexibility index (Phi) is 7.21. The molecule has 3 amide bonds. The summed E-state index contributed by atoms with van der Waals surface area (Å²) in [7, 11) is 1.33. The molecular weight excluding hydrogens is 458 g/mol. The fourth-order valence-corrected chi connectivity index (χ4v) is 6.92. The van der Waals surface area contributed by atoms with E-state index in [-0.39, 0.29) is 23.4 Å². The van der Waals surface area contributed by atoms with Gasteiger partial charge in [-0.15, -0.1) is 0 Å². The molecule has 0 radical (unpaired) electrons. The van der Waals surface area contributed by atoms with Gasteiger partial charge in [-0.05, 0) is 82.1 Å². The summed E-state index contributed by atoms with van der Waals surface area (Å²) >= 11 is 0. The van der Waals surface area contributed by atoms with Gasteiger partial charge in [0, 0.05) is 24.7 Å². The largest absolute Gasteiger partial charge is 0.453 e. The van der Waals surface area contributed by atoms with Crippen molar-refractivity contribution in [3.05, 3.63) is 23.5 Å². The lowest BCUT2D eigenvalue weighted by atomic mass is 9.51. The van der Waals surface area contributed by atoms with Gasteiger partial charge in [-0.1, -0.05) is 13.8 Å². The van der Waals surface area contributed by atoms with Crippen LogP contribution in [0.4, 0.5) is 4.79 Å². The molecule has 2 unspecified atom stereocenters. The molecule has 5 rings (SSSR count). The Bertz CT molecular complexity index is 1030. The first-order chi connectivity index (χ1) is 16.9. The number of alkyl carbamates (subject to hydrolysis) is 1. The third-order valence-electron chi connectivity index (χ3n) is 8.00. The maximum atomic E-state index is 13.6. The van der Waals surface area contributed by atoms with Crippen LogP contribution >= 0.6 is 0 Å². The van der Waals surface area contributed by atoms with Gasteiger partial charge in [-0.3, -0.25) is 9.59 Å². The molecule has 0 aromatic carbocycles. The van der Waals surface area contributed by atoms with E-state index in [1.165, 1.54) is 7.11 Å². The number of methoxy groups -OCH3 is 1. The van der Waals surface area contributed by atoms with Crippen molar-refractivity contribution in [2.24, 2.45) is 23.7 Å². The van der Waals surface area contributed by atoms with Crippen LogP contribution in [0.25, 0.3) is 6.20 Å². The molecule has 9 nitrogen and oxygen atoms in total. The monoisotopic (exact) mass is 499 g/mol. The maximum Gasteiger partial charge on any atom is 0.407 e. The summed E-state index contributed by atoms with van der Waals surface area (Å²) < 4.78 is 6.44. The van der Waals surface area contributed by atoms with Crippen LogP contribution in [0.3, 0.4) is 0 Å². The second-order valence-electron chi connectivity index (χ2n) is 12.1. The second kappa shape index (κ2) is 9.90. The molecular formula is C27H41N5O4. The number of carbonyl (C=O) groups is 3. The number of ether oxygens (including phenoxy) is 1. The first-order valence-corrected chi connectivity index (χ1v) is 13.1. The molecule has 4 aliphatic carbocycles. The zero-order valence-electron chi connectivity index (χ0n) is 22.4. The van der Waals surface area contributed by atoms with Gasteiger partial charge in [0.25, 0.3) is 5.91 Å². The Morgan fingerprint density at radius 3 is 2.47 bits per heavy atom. The van der Waals surface area contributed by atoms with Crippen molar-refractivity contribution in [3.8, 4) is 0 Å². The zero-order valence-corrected chi connectivity index (χ0v) is 22.4. The lowest BCUT2D eigenvalue weighted by Gasteiger charge is -2.60. The minimum Gasteiger partial charge on any atom is -0.453 e. The van der Waals surface area contributed by atoms with E-state index in [0.717, 1.165) is 37.8 Å². The Morgan fingerprint density at radius 1 is 1.22 bits per heavy atom. The van der Waals surface area contributed by atoms with Crippen LogP contribution in [0.15, 0.2) is 12.3 Å². The number of hydrogen-bond acceptors (Lipinski definition) is 5. The zero-order chi connectivity index (χ0) is 26.3. The molecule has 4 bridgehead atoms. The first kappa shape index (κ1) is 26.2. The van der Waals surface area contributed by atoms with E-state index in [9.17, 15) is 14.4 Å². The van der Waals surface area contributed by atoms with Crippen molar-refractivity contribution in [1.29, 1.82) is 0 Å². The van der Waals surface area contributed by atoms with Crippen LogP contribution in [0.1, 0.15) is 82.8 Å². The average molecular weight is 500 g/mol. The molecule has 4 fully saturated rings. The van der Waals surface area contributed by atoms with E-state index in [1.54, 1.807) is 24.0 Å². The van der Waals surface area contributed by atoms with Gasteiger partial charge in [0.15, 0.2) is 0 Å². The van der Waals surface area contributed by atoms with Gasteiger partial charge in [0.05, 0.1) is 30.1 Å². The molecule has 9 heteroatoms. The van der Waals surface area contributed by atoms with Crippen molar-refractivity contribution < 1.29 is 19.1 Å². The Labute approximate surface area is 213 Å². The number of nitrogens with zero attached hydrogens (tertiary/aromatic N) is 2. The normalized spacial score (nSPS) is 29.0. The molecule has 1 aromatic heterocycles. The molecule has 1 aromatic rings. The van der Waals surface area contributed by atoms with Gasteiger partial charge in [-0.25, -0.2) is 9.48 Å². The van der Waals surface area contributed by atoms with Crippen molar-refractivity contribution >= 4 is 24.1 Å². The van der Waals surface area contributed by atoms with Crippen LogP contribution in [0, 0.1) is 23.7 Å². The third-order valence-corrected chi connectivity index (χ3v) is 8.00. The van der Waals surface area contributed by atoms with E-state index in [0.29, 0.717) is 35.7 Å². The van der Waals surface area contributed by atoms with Crippen LogP contribution in [-0.4, -0.2) is 51.9 Å². The Morgan fingerprint density at radius 2 is 1.89 bits per heavy atom. The summed E-state index contributed by atoms with van der Waals surface area (Å²) in [5, 5.41) is 13.9. The Balaban J connectivity index is 1.51. The quantitative estimate of drug-likeness (QED) is 0.507. The molecule has 4 aliphatic rings. The molecule has 2 atom stereocenters. The predicted molar refractivity (Wildman–Crippen MR) is 137 cm³/mol. The minimum absolute atomic E-state index is 0.0429. The van der Waals surface area contributed by atoms with E-state index < -0.39 is 11.6 Å². The van der Waals surface area contributed by atoms with Crippen molar-refractivity contribution in [2.45, 2.75) is 90.3 Å². The molecule has 3 N–H and O–H groups in total. The number of carbonyl (C=O) groups excluding carboxylic acids is 3. The van der Waals surface area contributed by atoms with Crippen LogP contribution < -0.4 is 16.0 Å². The number of aromatic nitrogens is 2. The number of nitrogens with one attached hydrogen (secondary N) is 3. The number of amides is 3. The topological polar surface area (TPSA) is 114 Å². The summed E-state index contributed by atoms with van der Waals surface area (Å²) in [5.74, 6) is 1.71. The average Bonchev–Trinajstić information content (AvgIpc) is 3.15. The highest BCUT2D eigenvalue weighted by atomic mass is 16.5. The maximum absolute atomic E-state index is 13.6. The van der Waals surface area contributed by atoms with Gasteiger partial charge >= 0.3 is 6.09 Å². The number of rotatable bonds is 8. The fourth-order valence-electron chi connectivity index (χ4n) is 6.92. The van der Waals surface area contributed by atoms with E-state index in [1.807, 2.05) is 19.9 Å². The van der Waals surface area contributed by atoms with Crippen molar-refractivity contribution in [1.82, 2.24) is 25.7 Å². The number of hydrogen-bond donors (Lipinski definition) is 3. The molecule has 4 saturated carbocycles. The predicted octanol–water partition coefficient (Wildman–Crippen LogP) is 3.50. The van der Waals surface area contributed by atoms with Gasteiger partial charge < -0.3 is 20.7 Å². The second-order valence-corrected chi connectivity index (χ2v) is 12.1. The van der Waals surface area contributed by atoms with Gasteiger partial charge in [0.2, 0.25) is 5.91 Å². The molecule has 36 heavy (non-hydrogen) atoms. The lowest BCUT2D eigenvalue weighted by Crippen LogP contribution is -2.66. The highest BCUT2D eigenvalue weighted by molar-refractivity contribution is 5.95. The Hall–Kier alpha value is -2.84. The smallest absolute Gasteiger partial charge is 0.407 e. The third kappa shape index (κ3) is 5.60. The summed E-state index contributed by atoms with van der Waals surface area (Å²) in [4.78, 5) is 37.1. The molecule has 0 spiro atoms. The molecule has 1 heterocycles.